The summed E-state index contributed by atoms with van der Waals surface area (Å²) in [5.41, 5.74) is 0.516. The van der Waals surface area contributed by atoms with Gasteiger partial charge in [-0.25, -0.2) is 0 Å². The number of fused-ring (bicyclic) bond motifs is 2. The van der Waals surface area contributed by atoms with E-state index in [1.165, 1.54) is 110 Å². The minimum Gasteiger partial charge on any atom is -0.461 e. The maximum atomic E-state index is 12.6. The highest BCUT2D eigenvalue weighted by molar-refractivity contribution is 5.66. The predicted molar refractivity (Wildman–Crippen MR) is 159 cm³/mol. The van der Waals surface area contributed by atoms with E-state index in [4.69, 9.17) is 9.47 Å². The zero-order valence-electron chi connectivity index (χ0n) is 26.5. The third kappa shape index (κ3) is 4.54. The van der Waals surface area contributed by atoms with Crippen LogP contribution in [0.2, 0.25) is 0 Å². The van der Waals surface area contributed by atoms with Crippen LogP contribution in [0.15, 0.2) is 0 Å². The van der Waals surface area contributed by atoms with Crippen LogP contribution in [-0.2, 0) is 19.1 Å². The second-order valence-electron chi connectivity index (χ2n) is 16.4. The van der Waals surface area contributed by atoms with E-state index in [9.17, 15) is 9.59 Å². The average Bonchev–Trinajstić information content (AvgIpc) is 3.15. The quantitative estimate of drug-likeness (QED) is 0.309. The third-order valence-electron chi connectivity index (χ3n) is 14.5. The van der Waals surface area contributed by atoms with Crippen molar-refractivity contribution in [2.75, 3.05) is 33.2 Å². The lowest BCUT2D eigenvalue weighted by atomic mass is 9.37. The number of hydrogen-bond acceptors (Lipinski definition) is 5. The first-order valence-corrected chi connectivity index (χ1v) is 17.6. The highest BCUT2D eigenvalue weighted by Crippen LogP contribution is 2.74. The molecule has 7 aliphatic rings. The molecule has 7 rings (SSSR count). The van der Waals surface area contributed by atoms with E-state index in [0.717, 1.165) is 28.7 Å². The Morgan fingerprint density at radius 3 is 2.27 bits per heavy atom. The fourth-order valence-corrected chi connectivity index (χ4v) is 12.9. The molecule has 0 aromatic rings. The zero-order chi connectivity index (χ0) is 28.6. The van der Waals surface area contributed by atoms with E-state index in [1.807, 2.05) is 0 Å². The smallest absolute Gasteiger partial charge is 0.303 e. The number of quaternary nitrogens is 1. The number of esters is 2. The lowest BCUT2D eigenvalue weighted by molar-refractivity contribution is -0.940. The molecule has 0 aromatic heterocycles. The Kier molecular flexibility index (Phi) is 7.32. The first kappa shape index (κ1) is 28.6. The standard InChI is InChI=1S/C35H57N2O4/c1-23(38)40-31-19-26-11-12-27-28-20-30(37(4)17-9-6-10-18-37)33(41-24(2)39)34(28,3)14-13-25-21-35(26,32(25)27)22-29(31)36-15-7-5-8-16-36/h25-33H,5-22H2,1-4H3/q+1. The second kappa shape index (κ2) is 10.5. The molecule has 2 saturated heterocycles. The summed E-state index contributed by atoms with van der Waals surface area (Å²) in [4.78, 5) is 27.6. The fourth-order valence-electron chi connectivity index (χ4n) is 12.9. The largest absolute Gasteiger partial charge is 0.461 e. The minimum atomic E-state index is -0.0961. The molecule has 11 atom stereocenters. The van der Waals surface area contributed by atoms with Gasteiger partial charge in [0.25, 0.3) is 0 Å². The zero-order valence-corrected chi connectivity index (χ0v) is 26.5. The van der Waals surface area contributed by atoms with E-state index in [0.29, 0.717) is 29.3 Å². The number of rotatable bonds is 4. The van der Waals surface area contributed by atoms with Crippen molar-refractivity contribution in [2.45, 2.75) is 135 Å². The maximum absolute atomic E-state index is 12.6. The number of likely N-dealkylation sites (N-methyl/N-ethyl adjacent to an activating group) is 1. The van der Waals surface area contributed by atoms with Crippen LogP contribution in [-0.4, -0.2) is 78.8 Å². The van der Waals surface area contributed by atoms with Crippen molar-refractivity contribution >= 4 is 11.9 Å². The predicted octanol–water partition coefficient (Wildman–Crippen LogP) is 5.97. The molecule has 0 radical (unpaired) electrons. The van der Waals surface area contributed by atoms with Gasteiger partial charge in [0.15, 0.2) is 6.10 Å². The molecule has 5 aliphatic carbocycles. The molecule has 7 fully saturated rings. The summed E-state index contributed by atoms with van der Waals surface area (Å²) in [6.45, 7) is 10.6. The molecule has 2 heterocycles. The highest BCUT2D eigenvalue weighted by atomic mass is 16.5. The molecular formula is C35H57N2O4+. The van der Waals surface area contributed by atoms with Gasteiger partial charge in [-0.15, -0.1) is 0 Å². The molecule has 5 saturated carbocycles. The normalized spacial score (nSPS) is 48.9. The Hall–Kier alpha value is -1.14. The van der Waals surface area contributed by atoms with Crippen LogP contribution in [0, 0.1) is 40.4 Å². The molecule has 0 N–H and O–H groups in total. The van der Waals surface area contributed by atoms with Gasteiger partial charge in [-0.3, -0.25) is 14.5 Å². The molecule has 230 valence electrons. The molecule has 0 bridgehead atoms. The van der Waals surface area contributed by atoms with Crippen molar-refractivity contribution in [1.82, 2.24) is 4.90 Å². The first-order valence-electron chi connectivity index (χ1n) is 17.6. The summed E-state index contributed by atoms with van der Waals surface area (Å²) >= 11 is 0. The van der Waals surface area contributed by atoms with Gasteiger partial charge in [-0.2, -0.15) is 0 Å². The Morgan fingerprint density at radius 2 is 1.56 bits per heavy atom. The van der Waals surface area contributed by atoms with E-state index in [-0.39, 0.29) is 29.6 Å². The van der Waals surface area contributed by atoms with Crippen molar-refractivity contribution < 1.29 is 23.5 Å². The van der Waals surface area contributed by atoms with E-state index < -0.39 is 0 Å². The lowest BCUT2D eigenvalue weighted by Crippen LogP contribution is -2.66. The summed E-state index contributed by atoms with van der Waals surface area (Å²) in [6, 6.07) is 0.841. The maximum Gasteiger partial charge on any atom is 0.303 e. The minimum absolute atomic E-state index is 0.0556. The van der Waals surface area contributed by atoms with Crippen LogP contribution in [0.4, 0.5) is 0 Å². The summed E-state index contributed by atoms with van der Waals surface area (Å²) < 4.78 is 13.7. The number of piperidine rings is 2. The monoisotopic (exact) mass is 569 g/mol. The molecule has 1 spiro atoms. The average molecular weight is 570 g/mol. The second-order valence-corrected chi connectivity index (χ2v) is 16.4. The Balaban J connectivity index is 1.21. The van der Waals surface area contributed by atoms with Gasteiger partial charge in [-0.05, 0) is 125 Å². The molecule has 2 aliphatic heterocycles. The van der Waals surface area contributed by atoms with Crippen molar-refractivity contribution in [3.8, 4) is 0 Å². The topological polar surface area (TPSA) is 55.8 Å². The molecule has 41 heavy (non-hydrogen) atoms. The van der Waals surface area contributed by atoms with Gasteiger partial charge in [0.1, 0.15) is 12.1 Å². The number of hydrogen-bond donors (Lipinski definition) is 0. The van der Waals surface area contributed by atoms with Crippen LogP contribution in [0.5, 0.6) is 0 Å². The van der Waals surface area contributed by atoms with Gasteiger partial charge in [0.2, 0.25) is 0 Å². The first-order chi connectivity index (χ1) is 19.6. The number of carbonyl (C=O) groups is 2. The Morgan fingerprint density at radius 1 is 0.854 bits per heavy atom. The number of ether oxygens (including phenoxy) is 2. The summed E-state index contributed by atoms with van der Waals surface area (Å²) in [6.07, 6.45) is 18.1. The SMILES string of the molecule is CC(=O)OC1CC2CCC3C4CC([N+]5(C)CCCCC5)C(OC(C)=O)C4(C)CCC4CC2(CC1N1CCCCC1)C43. The lowest BCUT2D eigenvalue weighted by Gasteiger charge is -2.69. The van der Waals surface area contributed by atoms with Crippen molar-refractivity contribution in [2.24, 2.45) is 40.4 Å². The van der Waals surface area contributed by atoms with Gasteiger partial charge in [0.05, 0.1) is 20.1 Å². The van der Waals surface area contributed by atoms with E-state index >= 15 is 0 Å². The summed E-state index contributed by atoms with van der Waals surface area (Å²) in [5, 5.41) is 0. The van der Waals surface area contributed by atoms with Crippen LogP contribution in [0.1, 0.15) is 111 Å². The van der Waals surface area contributed by atoms with Gasteiger partial charge in [0, 0.05) is 31.7 Å². The fraction of sp³-hybridized carbons (Fsp3) is 0.943. The Bertz CT molecular complexity index is 1020. The van der Waals surface area contributed by atoms with Crippen molar-refractivity contribution in [1.29, 1.82) is 0 Å². The van der Waals surface area contributed by atoms with Gasteiger partial charge >= 0.3 is 11.9 Å². The summed E-state index contributed by atoms with van der Waals surface area (Å²) in [5.74, 6) is 3.57. The van der Waals surface area contributed by atoms with Crippen molar-refractivity contribution in [3.05, 3.63) is 0 Å². The third-order valence-corrected chi connectivity index (χ3v) is 14.5. The summed E-state index contributed by atoms with van der Waals surface area (Å²) in [7, 11) is 2.49. The van der Waals surface area contributed by atoms with E-state index in [1.54, 1.807) is 13.8 Å². The van der Waals surface area contributed by atoms with Crippen LogP contribution in [0.25, 0.3) is 0 Å². The van der Waals surface area contributed by atoms with Crippen LogP contribution in [0.3, 0.4) is 0 Å². The number of carbonyl (C=O) groups excluding carboxylic acids is 2. The number of likely N-dealkylation sites (tertiary alicyclic amines) is 2. The molecule has 6 heteroatoms. The van der Waals surface area contributed by atoms with Crippen LogP contribution >= 0.6 is 0 Å². The molecule has 0 aromatic carbocycles. The molecule has 11 unspecified atom stereocenters. The van der Waals surface area contributed by atoms with Gasteiger partial charge < -0.3 is 14.0 Å². The highest BCUT2D eigenvalue weighted by Gasteiger charge is 2.71. The van der Waals surface area contributed by atoms with Crippen molar-refractivity contribution in [3.63, 3.8) is 0 Å². The molecule has 0 amide bonds. The molecule has 6 nitrogen and oxygen atoms in total. The van der Waals surface area contributed by atoms with Gasteiger partial charge in [-0.1, -0.05) is 13.3 Å². The molecular weight excluding hydrogens is 512 g/mol. The van der Waals surface area contributed by atoms with Crippen LogP contribution < -0.4 is 0 Å². The Labute approximate surface area is 248 Å². The van der Waals surface area contributed by atoms with E-state index in [2.05, 4.69) is 18.9 Å². The number of nitrogens with zero attached hydrogens (tertiary/aromatic N) is 2.